The Bertz CT molecular complexity index is 159. The molecule has 1 aliphatic heterocycles. The van der Waals surface area contributed by atoms with Gasteiger partial charge in [-0.1, -0.05) is 0 Å². The number of rotatable bonds is 0. The molecule has 1 atom stereocenters. The molecule has 1 rings (SSSR count). The van der Waals surface area contributed by atoms with E-state index in [1.807, 2.05) is 0 Å². The maximum Gasteiger partial charge on any atom is 0.204 e. The van der Waals surface area contributed by atoms with Gasteiger partial charge in [0.1, 0.15) is 5.78 Å². The zero-order chi connectivity index (χ0) is 9.56. The molecule has 1 fully saturated rings. The third kappa shape index (κ3) is 4.08. The van der Waals surface area contributed by atoms with Crippen molar-refractivity contribution in [1.29, 1.82) is 0 Å². The first-order valence-electron chi connectivity index (χ1n) is 3.99. The van der Waals surface area contributed by atoms with Crippen LogP contribution in [0, 0.1) is 0 Å². The fraction of sp³-hybridized carbons (Fsp3) is 0.750. The Kier molecular flexibility index (Phi) is 5.28. The summed E-state index contributed by atoms with van der Waals surface area (Å²) in [6.45, 7) is 3.04. The Morgan fingerprint density at radius 2 is 2.17 bits per heavy atom. The summed E-state index contributed by atoms with van der Waals surface area (Å²) in [6.07, 6.45) is 1.75. The van der Waals surface area contributed by atoms with Gasteiger partial charge >= 0.3 is 0 Å². The molecule has 2 N–H and O–H groups in total. The second-order valence-corrected chi connectivity index (χ2v) is 2.96. The average molecular weight is 172 g/mol. The van der Waals surface area contributed by atoms with Crippen LogP contribution in [-0.2, 0) is 9.59 Å². The molecule has 4 heteroatoms. The minimum atomic E-state index is 0.250. The molecule has 4 nitrogen and oxygen atoms in total. The third-order valence-corrected chi connectivity index (χ3v) is 2.02. The first-order chi connectivity index (χ1) is 5.61. The van der Waals surface area contributed by atoms with Crippen molar-refractivity contribution < 1.29 is 9.59 Å². The molecule has 1 saturated heterocycles. The molecule has 1 heterocycles. The molecule has 0 aromatic heterocycles. The van der Waals surface area contributed by atoms with Crippen LogP contribution in [0.3, 0.4) is 0 Å². The van der Waals surface area contributed by atoms with Crippen LogP contribution >= 0.6 is 0 Å². The van der Waals surface area contributed by atoms with Crippen LogP contribution in [0.15, 0.2) is 0 Å². The van der Waals surface area contributed by atoms with Gasteiger partial charge in [0.25, 0.3) is 0 Å². The van der Waals surface area contributed by atoms with Gasteiger partial charge in [0.05, 0.1) is 0 Å². The fourth-order valence-corrected chi connectivity index (χ4v) is 1.11. The van der Waals surface area contributed by atoms with E-state index in [2.05, 4.69) is 24.6 Å². The van der Waals surface area contributed by atoms with Gasteiger partial charge in [-0.3, -0.25) is 9.59 Å². The van der Waals surface area contributed by atoms with Gasteiger partial charge < -0.3 is 10.6 Å². The zero-order valence-corrected chi connectivity index (χ0v) is 7.62. The molecule has 0 aromatic carbocycles. The van der Waals surface area contributed by atoms with Crippen LogP contribution in [0.2, 0.25) is 0 Å². The lowest BCUT2D eigenvalue weighted by Crippen LogP contribution is -2.37. The molecule has 0 bridgehead atoms. The quantitative estimate of drug-likeness (QED) is 0.513. The van der Waals surface area contributed by atoms with Crippen molar-refractivity contribution >= 4 is 12.2 Å². The monoisotopic (exact) mass is 172 g/mol. The standard InChI is InChI=1S/C7H13NO.CH3NO/c1-6-5-7(9)3-4-8(6)2;2-1-3/h6H,3-5H2,1-2H3;1H,(H2,2,3). The van der Waals surface area contributed by atoms with Crippen molar-refractivity contribution in [2.45, 2.75) is 25.8 Å². The number of primary amides is 1. The van der Waals surface area contributed by atoms with E-state index in [9.17, 15) is 4.79 Å². The largest absolute Gasteiger partial charge is 0.372 e. The number of likely N-dealkylation sites (tertiary alicyclic amines) is 1. The van der Waals surface area contributed by atoms with Crippen molar-refractivity contribution in [3.05, 3.63) is 0 Å². The van der Waals surface area contributed by atoms with E-state index in [0.717, 1.165) is 19.4 Å². The summed E-state index contributed by atoms with van der Waals surface area (Å²) < 4.78 is 0. The van der Waals surface area contributed by atoms with E-state index in [1.54, 1.807) is 0 Å². The molecule has 0 aromatic rings. The Morgan fingerprint density at radius 3 is 2.50 bits per heavy atom. The minimum Gasteiger partial charge on any atom is -0.372 e. The summed E-state index contributed by atoms with van der Waals surface area (Å²) in [5.41, 5.74) is 4.17. The van der Waals surface area contributed by atoms with Crippen molar-refractivity contribution in [3.63, 3.8) is 0 Å². The second kappa shape index (κ2) is 5.71. The van der Waals surface area contributed by atoms with E-state index >= 15 is 0 Å². The van der Waals surface area contributed by atoms with Crippen LogP contribution in [0.1, 0.15) is 19.8 Å². The minimum absolute atomic E-state index is 0.250. The topological polar surface area (TPSA) is 63.4 Å². The number of piperidine rings is 1. The van der Waals surface area contributed by atoms with Gasteiger partial charge in [0, 0.05) is 25.4 Å². The van der Waals surface area contributed by atoms with Crippen molar-refractivity contribution in [1.82, 2.24) is 4.90 Å². The van der Waals surface area contributed by atoms with E-state index in [1.165, 1.54) is 0 Å². The number of hydrogen-bond donors (Lipinski definition) is 1. The molecular weight excluding hydrogens is 156 g/mol. The number of hydrogen-bond acceptors (Lipinski definition) is 3. The predicted octanol–water partition coefficient (Wildman–Crippen LogP) is -0.229. The van der Waals surface area contributed by atoms with Crippen LogP contribution < -0.4 is 5.73 Å². The summed E-state index contributed by atoms with van der Waals surface area (Å²) in [5.74, 6) is 0.417. The summed E-state index contributed by atoms with van der Waals surface area (Å²) in [5, 5.41) is 0. The van der Waals surface area contributed by atoms with Crippen LogP contribution in [0.25, 0.3) is 0 Å². The Labute approximate surface area is 72.7 Å². The zero-order valence-electron chi connectivity index (χ0n) is 7.62. The number of nitrogens with two attached hydrogens (primary N) is 1. The number of carbonyl (C=O) groups excluding carboxylic acids is 2. The summed E-state index contributed by atoms with van der Waals surface area (Å²) in [7, 11) is 2.07. The van der Waals surface area contributed by atoms with Gasteiger partial charge in [-0.15, -0.1) is 0 Å². The average Bonchev–Trinajstić information content (AvgIpc) is 1.99. The highest BCUT2D eigenvalue weighted by Crippen LogP contribution is 2.10. The summed E-state index contributed by atoms with van der Waals surface area (Å²) in [4.78, 5) is 21.6. The smallest absolute Gasteiger partial charge is 0.204 e. The van der Waals surface area contributed by atoms with Crippen molar-refractivity contribution in [3.8, 4) is 0 Å². The molecule has 0 spiro atoms. The normalized spacial score (nSPS) is 24.2. The van der Waals surface area contributed by atoms with Gasteiger partial charge in [-0.25, -0.2) is 0 Å². The molecule has 0 saturated carbocycles. The van der Waals surface area contributed by atoms with Crippen LogP contribution in [0.4, 0.5) is 0 Å². The highest BCUT2D eigenvalue weighted by atomic mass is 16.1. The van der Waals surface area contributed by atoms with Gasteiger partial charge in [0.15, 0.2) is 0 Å². The first kappa shape index (κ1) is 11.1. The van der Waals surface area contributed by atoms with Gasteiger partial charge in [0.2, 0.25) is 6.41 Å². The number of nitrogens with zero attached hydrogens (tertiary/aromatic N) is 1. The molecule has 1 unspecified atom stereocenters. The Morgan fingerprint density at radius 1 is 1.67 bits per heavy atom. The lowest BCUT2D eigenvalue weighted by atomic mass is 10.0. The van der Waals surface area contributed by atoms with E-state index in [4.69, 9.17) is 4.79 Å². The predicted molar refractivity (Wildman–Crippen MR) is 46.6 cm³/mol. The lowest BCUT2D eigenvalue weighted by molar-refractivity contribution is -0.122. The van der Waals surface area contributed by atoms with Crippen LogP contribution in [-0.4, -0.2) is 36.7 Å². The molecule has 0 aliphatic carbocycles. The number of ketones is 1. The van der Waals surface area contributed by atoms with Crippen molar-refractivity contribution in [2.75, 3.05) is 13.6 Å². The molecule has 0 radical (unpaired) electrons. The molecule has 1 amide bonds. The molecular formula is C8H16N2O2. The second-order valence-electron chi connectivity index (χ2n) is 2.96. The highest BCUT2D eigenvalue weighted by Gasteiger charge is 2.19. The van der Waals surface area contributed by atoms with Crippen molar-refractivity contribution in [2.24, 2.45) is 5.73 Å². The van der Waals surface area contributed by atoms with E-state index < -0.39 is 0 Å². The van der Waals surface area contributed by atoms with Gasteiger partial charge in [-0.05, 0) is 14.0 Å². The molecule has 12 heavy (non-hydrogen) atoms. The molecule has 70 valence electrons. The number of amides is 1. The van der Waals surface area contributed by atoms with Crippen LogP contribution in [0.5, 0.6) is 0 Å². The SMILES string of the molecule is CC1CC(=O)CCN1C.NC=O. The maximum absolute atomic E-state index is 10.8. The maximum atomic E-state index is 10.8. The third-order valence-electron chi connectivity index (χ3n) is 2.02. The highest BCUT2D eigenvalue weighted by molar-refractivity contribution is 5.79. The molecule has 1 aliphatic rings. The Hall–Kier alpha value is -0.900. The number of carbonyl (C=O) groups is 2. The Balaban J connectivity index is 0.000000354. The van der Waals surface area contributed by atoms with E-state index in [-0.39, 0.29) is 6.41 Å². The number of Topliss-reactive ketones (excluding diaryl/α,β-unsaturated/α-hetero) is 1. The summed E-state index contributed by atoms with van der Waals surface area (Å²) >= 11 is 0. The van der Waals surface area contributed by atoms with E-state index in [0.29, 0.717) is 11.8 Å². The summed E-state index contributed by atoms with van der Waals surface area (Å²) in [6, 6.07) is 0.464. The first-order valence-corrected chi connectivity index (χ1v) is 3.99. The lowest BCUT2D eigenvalue weighted by Gasteiger charge is -2.28. The fourth-order valence-electron chi connectivity index (χ4n) is 1.11. The van der Waals surface area contributed by atoms with Gasteiger partial charge in [-0.2, -0.15) is 0 Å².